The monoisotopic (exact) mass is 339 g/mol. The van der Waals surface area contributed by atoms with Gasteiger partial charge in [-0.05, 0) is 36.0 Å². The zero-order valence-electron chi connectivity index (χ0n) is 13.4. The number of thiophene rings is 1. The van der Waals surface area contributed by atoms with E-state index in [2.05, 4.69) is 61.8 Å². The van der Waals surface area contributed by atoms with E-state index in [4.69, 9.17) is 4.98 Å². The van der Waals surface area contributed by atoms with Crippen molar-refractivity contribution in [3.8, 4) is 11.4 Å². The van der Waals surface area contributed by atoms with Crippen LogP contribution < -0.4 is 5.32 Å². The van der Waals surface area contributed by atoms with Gasteiger partial charge >= 0.3 is 0 Å². The lowest BCUT2D eigenvalue weighted by Crippen LogP contribution is -2.21. The second-order valence-electron chi connectivity index (χ2n) is 5.87. The molecule has 0 aliphatic heterocycles. The van der Waals surface area contributed by atoms with Gasteiger partial charge in [0.15, 0.2) is 5.82 Å². The van der Waals surface area contributed by atoms with Crippen LogP contribution in [-0.4, -0.2) is 57.7 Å². The minimum Gasteiger partial charge on any atom is -0.368 e. The Morgan fingerprint density at radius 2 is 2.04 bits per heavy atom. The van der Waals surface area contributed by atoms with Crippen LogP contribution in [0.25, 0.3) is 33.1 Å². The van der Waals surface area contributed by atoms with Crippen molar-refractivity contribution >= 4 is 38.8 Å². The molecule has 4 aromatic rings. The Hall–Kier alpha value is -2.58. The fourth-order valence-electron chi connectivity index (χ4n) is 2.68. The Kier molecular flexibility index (Phi) is 3.83. The first kappa shape index (κ1) is 15.0. The van der Waals surface area contributed by atoms with Crippen LogP contribution in [0.5, 0.6) is 0 Å². The van der Waals surface area contributed by atoms with Crippen molar-refractivity contribution in [2.45, 2.75) is 0 Å². The number of aromatic nitrogens is 5. The largest absolute Gasteiger partial charge is 0.368 e. The summed E-state index contributed by atoms with van der Waals surface area (Å²) in [5.41, 5.74) is 1.86. The fourth-order valence-corrected chi connectivity index (χ4v) is 3.52. The van der Waals surface area contributed by atoms with E-state index in [1.165, 1.54) is 10.8 Å². The van der Waals surface area contributed by atoms with Gasteiger partial charge in [0.05, 0.1) is 5.52 Å². The minimum atomic E-state index is 0.645. The summed E-state index contributed by atoms with van der Waals surface area (Å²) in [5.74, 6) is 1.57. The van der Waals surface area contributed by atoms with Gasteiger partial charge in [-0.25, -0.2) is 10.1 Å². The predicted octanol–water partition coefficient (Wildman–Crippen LogP) is 2.60. The maximum absolute atomic E-state index is 4.84. The van der Waals surface area contributed by atoms with Crippen molar-refractivity contribution in [1.29, 1.82) is 0 Å². The highest BCUT2D eigenvalue weighted by molar-refractivity contribution is 7.09. The van der Waals surface area contributed by atoms with E-state index >= 15 is 0 Å². The number of fused-ring (bicyclic) bond motifs is 3. The summed E-state index contributed by atoms with van der Waals surface area (Å²) in [5, 5.41) is 25.3. The number of pyridine rings is 1. The Morgan fingerprint density at radius 1 is 1.17 bits per heavy atom. The summed E-state index contributed by atoms with van der Waals surface area (Å²) in [4.78, 5) is 6.98. The number of aromatic amines is 1. The standard InChI is InChI=1S/C16H17N7S/c1-23(2)6-5-17-16-13-9-24-8-12(13)11-4-3-10(7-14(11)18-16)15-19-21-22-20-15/h3-4,7-9H,5-6H2,1-2H3,(H,17,18)(H,19,20,21,22). The number of nitrogens with zero attached hydrogens (tertiary/aromatic N) is 5. The van der Waals surface area contributed by atoms with Gasteiger partial charge in [0.25, 0.3) is 0 Å². The van der Waals surface area contributed by atoms with Crippen molar-refractivity contribution in [3.05, 3.63) is 29.0 Å². The number of H-pyrrole nitrogens is 1. The van der Waals surface area contributed by atoms with Crippen LogP contribution >= 0.6 is 11.3 Å². The predicted molar refractivity (Wildman–Crippen MR) is 97.3 cm³/mol. The van der Waals surface area contributed by atoms with E-state index in [-0.39, 0.29) is 0 Å². The highest BCUT2D eigenvalue weighted by Gasteiger charge is 2.11. The Labute approximate surface area is 142 Å². The van der Waals surface area contributed by atoms with Gasteiger partial charge in [0.1, 0.15) is 5.82 Å². The average Bonchev–Trinajstić information content (AvgIpc) is 3.26. The van der Waals surface area contributed by atoms with E-state index in [0.717, 1.165) is 35.4 Å². The van der Waals surface area contributed by atoms with Crippen LogP contribution in [-0.2, 0) is 0 Å². The molecule has 0 spiro atoms. The van der Waals surface area contributed by atoms with E-state index in [1.807, 2.05) is 12.1 Å². The summed E-state index contributed by atoms with van der Waals surface area (Å²) in [6.45, 7) is 1.80. The van der Waals surface area contributed by atoms with Crippen molar-refractivity contribution < 1.29 is 0 Å². The van der Waals surface area contributed by atoms with Gasteiger partial charge in [-0.2, -0.15) is 11.3 Å². The lowest BCUT2D eigenvalue weighted by atomic mass is 10.1. The van der Waals surface area contributed by atoms with Crippen LogP contribution in [0.3, 0.4) is 0 Å². The van der Waals surface area contributed by atoms with Gasteiger partial charge in [-0.15, -0.1) is 5.10 Å². The number of hydrogen-bond acceptors (Lipinski definition) is 7. The number of hydrogen-bond donors (Lipinski definition) is 2. The molecule has 122 valence electrons. The number of rotatable bonds is 5. The number of anilines is 1. The maximum atomic E-state index is 4.84. The highest BCUT2D eigenvalue weighted by atomic mass is 32.1. The normalized spacial score (nSPS) is 11.6. The molecular weight excluding hydrogens is 322 g/mol. The van der Waals surface area contributed by atoms with E-state index in [0.29, 0.717) is 5.82 Å². The first-order valence-electron chi connectivity index (χ1n) is 7.65. The molecule has 3 heterocycles. The van der Waals surface area contributed by atoms with Gasteiger partial charge in [0, 0.05) is 40.2 Å². The van der Waals surface area contributed by atoms with Gasteiger partial charge in [0.2, 0.25) is 0 Å². The lowest BCUT2D eigenvalue weighted by molar-refractivity contribution is 0.425. The smallest absolute Gasteiger partial charge is 0.179 e. The molecule has 0 amide bonds. The zero-order chi connectivity index (χ0) is 16.5. The molecule has 1 aromatic carbocycles. The third kappa shape index (κ3) is 2.70. The van der Waals surface area contributed by atoms with Crippen LogP contribution in [0.15, 0.2) is 29.0 Å². The molecular formula is C16H17N7S. The summed E-state index contributed by atoms with van der Waals surface area (Å²) in [7, 11) is 4.13. The maximum Gasteiger partial charge on any atom is 0.179 e. The fraction of sp³-hybridized carbons (Fsp3) is 0.250. The topological polar surface area (TPSA) is 82.6 Å². The molecule has 0 atom stereocenters. The van der Waals surface area contributed by atoms with Crippen molar-refractivity contribution in [2.75, 3.05) is 32.5 Å². The molecule has 7 nitrogen and oxygen atoms in total. The van der Waals surface area contributed by atoms with Gasteiger partial charge in [-0.3, -0.25) is 0 Å². The van der Waals surface area contributed by atoms with E-state index in [1.54, 1.807) is 11.3 Å². The molecule has 0 fully saturated rings. The summed E-state index contributed by atoms with van der Waals surface area (Å²) in [6, 6.07) is 6.12. The molecule has 0 aliphatic carbocycles. The van der Waals surface area contributed by atoms with Crippen LogP contribution in [0, 0.1) is 0 Å². The van der Waals surface area contributed by atoms with Crippen molar-refractivity contribution in [1.82, 2.24) is 30.5 Å². The Morgan fingerprint density at radius 3 is 2.83 bits per heavy atom. The zero-order valence-corrected chi connectivity index (χ0v) is 14.3. The molecule has 0 bridgehead atoms. The van der Waals surface area contributed by atoms with Crippen LogP contribution in [0.4, 0.5) is 5.82 Å². The molecule has 0 saturated heterocycles. The number of benzene rings is 1. The SMILES string of the molecule is CN(C)CCNc1nc2cc(-c3nnn[nH]3)ccc2c2cscc12. The van der Waals surface area contributed by atoms with Gasteiger partial charge < -0.3 is 10.2 Å². The van der Waals surface area contributed by atoms with Crippen LogP contribution in [0.1, 0.15) is 0 Å². The van der Waals surface area contributed by atoms with Gasteiger partial charge in [-0.1, -0.05) is 12.1 Å². The van der Waals surface area contributed by atoms with Crippen molar-refractivity contribution in [2.24, 2.45) is 0 Å². The van der Waals surface area contributed by atoms with E-state index in [9.17, 15) is 0 Å². The average molecular weight is 339 g/mol. The Bertz CT molecular complexity index is 975. The number of likely N-dealkylation sites (N-methyl/N-ethyl adjacent to an activating group) is 1. The number of nitrogens with one attached hydrogen (secondary N) is 2. The van der Waals surface area contributed by atoms with Crippen LogP contribution in [0.2, 0.25) is 0 Å². The summed E-state index contributed by atoms with van der Waals surface area (Å²) < 4.78 is 0. The molecule has 2 N–H and O–H groups in total. The second-order valence-corrected chi connectivity index (χ2v) is 6.61. The Balaban J connectivity index is 1.80. The molecule has 0 aliphatic rings. The highest BCUT2D eigenvalue weighted by Crippen LogP contribution is 2.33. The molecule has 24 heavy (non-hydrogen) atoms. The second kappa shape index (κ2) is 6.14. The first-order valence-corrected chi connectivity index (χ1v) is 8.59. The molecule has 0 unspecified atom stereocenters. The number of tetrazole rings is 1. The molecule has 8 heteroatoms. The summed E-state index contributed by atoms with van der Waals surface area (Å²) in [6.07, 6.45) is 0. The first-order chi connectivity index (χ1) is 11.7. The summed E-state index contributed by atoms with van der Waals surface area (Å²) >= 11 is 1.69. The minimum absolute atomic E-state index is 0.645. The molecule has 0 saturated carbocycles. The quantitative estimate of drug-likeness (QED) is 0.581. The third-order valence-corrected chi connectivity index (χ3v) is 4.65. The van der Waals surface area contributed by atoms with Crippen molar-refractivity contribution in [3.63, 3.8) is 0 Å². The molecule has 4 rings (SSSR count). The molecule has 0 radical (unpaired) electrons. The van der Waals surface area contributed by atoms with E-state index < -0.39 is 0 Å². The molecule has 3 aromatic heterocycles. The third-order valence-electron chi connectivity index (χ3n) is 3.91. The lowest BCUT2D eigenvalue weighted by Gasteiger charge is -2.13.